The molecule has 0 bridgehead atoms. The smallest absolute Gasteiger partial charge is 0.221 e. The van der Waals surface area contributed by atoms with Gasteiger partial charge in [0.05, 0.1) is 11.7 Å². The molecule has 2 aromatic carbocycles. The first-order valence-electron chi connectivity index (χ1n) is 8.36. The third-order valence-corrected chi connectivity index (χ3v) is 5.10. The van der Waals surface area contributed by atoms with E-state index in [-0.39, 0.29) is 11.9 Å². The predicted molar refractivity (Wildman–Crippen MR) is 107 cm³/mol. The maximum Gasteiger partial charge on any atom is 0.221 e. The average molecular weight is 383 g/mol. The molecule has 0 aliphatic carbocycles. The number of carbonyl (C=O) groups is 1. The van der Waals surface area contributed by atoms with Crippen LogP contribution in [-0.2, 0) is 4.79 Å². The average Bonchev–Trinajstić information content (AvgIpc) is 2.69. The van der Waals surface area contributed by atoms with E-state index in [0.29, 0.717) is 17.2 Å². The minimum Gasteiger partial charge on any atom is -0.344 e. The van der Waals surface area contributed by atoms with Crippen LogP contribution in [-0.4, -0.2) is 16.6 Å². The fourth-order valence-corrected chi connectivity index (χ4v) is 3.52. The standard InChI is InChI=1S/C21H19ClN2OS/c22-17-9-11-18(12-10-17)26-15-13-20(25)24-21(16-6-2-1-3-7-16)19-8-4-5-14-23-19/h1-12,14,21H,13,15H2,(H,24,25). The zero-order chi connectivity index (χ0) is 18.2. The van der Waals surface area contributed by atoms with Crippen LogP contribution in [0, 0.1) is 0 Å². The Hall–Kier alpha value is -2.30. The van der Waals surface area contributed by atoms with Gasteiger partial charge in [0.2, 0.25) is 5.91 Å². The lowest BCUT2D eigenvalue weighted by Gasteiger charge is -2.19. The maximum atomic E-state index is 12.5. The summed E-state index contributed by atoms with van der Waals surface area (Å²) in [6, 6.07) is 23.0. The molecule has 0 aliphatic rings. The summed E-state index contributed by atoms with van der Waals surface area (Å²) in [5.41, 5.74) is 1.85. The third kappa shape index (κ3) is 5.35. The molecule has 0 saturated heterocycles. The van der Waals surface area contributed by atoms with E-state index in [1.54, 1.807) is 18.0 Å². The van der Waals surface area contributed by atoms with Crippen LogP contribution in [0.15, 0.2) is 83.9 Å². The van der Waals surface area contributed by atoms with Gasteiger partial charge in [-0.25, -0.2) is 0 Å². The molecule has 1 amide bonds. The lowest BCUT2D eigenvalue weighted by atomic mass is 10.0. The van der Waals surface area contributed by atoms with Crippen molar-refractivity contribution in [2.75, 3.05) is 5.75 Å². The summed E-state index contributed by atoms with van der Waals surface area (Å²) in [7, 11) is 0. The Balaban J connectivity index is 1.61. The molecule has 0 spiro atoms. The fourth-order valence-electron chi connectivity index (χ4n) is 2.55. The molecule has 1 unspecified atom stereocenters. The Bertz CT molecular complexity index is 786. The first-order valence-corrected chi connectivity index (χ1v) is 9.72. The van der Waals surface area contributed by atoms with Crippen LogP contribution in [0.5, 0.6) is 0 Å². The molecule has 1 atom stereocenters. The van der Waals surface area contributed by atoms with Crippen LogP contribution in [0.1, 0.15) is 23.7 Å². The van der Waals surface area contributed by atoms with Crippen molar-refractivity contribution in [1.29, 1.82) is 0 Å². The molecule has 1 aromatic heterocycles. The predicted octanol–water partition coefficient (Wildman–Crippen LogP) is 5.12. The van der Waals surface area contributed by atoms with Crippen LogP contribution in [0.4, 0.5) is 0 Å². The van der Waals surface area contributed by atoms with Gasteiger partial charge in [0.15, 0.2) is 0 Å². The normalized spacial score (nSPS) is 11.7. The molecule has 3 aromatic rings. The maximum absolute atomic E-state index is 12.5. The molecule has 0 fully saturated rings. The minimum absolute atomic E-state index is 0.00553. The molecule has 132 valence electrons. The number of carbonyl (C=O) groups excluding carboxylic acids is 1. The van der Waals surface area contributed by atoms with Crippen LogP contribution in [0.3, 0.4) is 0 Å². The Kier molecular flexibility index (Phi) is 6.69. The SMILES string of the molecule is O=C(CCSc1ccc(Cl)cc1)NC(c1ccccc1)c1ccccn1. The number of benzene rings is 2. The van der Waals surface area contributed by atoms with Crippen molar-refractivity contribution in [3.05, 3.63) is 95.3 Å². The van der Waals surface area contributed by atoms with Crippen LogP contribution in [0.25, 0.3) is 0 Å². The van der Waals surface area contributed by atoms with E-state index in [1.807, 2.05) is 72.8 Å². The number of thioether (sulfide) groups is 1. The number of pyridine rings is 1. The quantitative estimate of drug-likeness (QED) is 0.576. The highest BCUT2D eigenvalue weighted by atomic mass is 35.5. The molecular formula is C21H19ClN2OS. The molecular weight excluding hydrogens is 364 g/mol. The molecule has 5 heteroatoms. The number of nitrogens with one attached hydrogen (secondary N) is 1. The number of halogens is 1. The summed E-state index contributed by atoms with van der Waals surface area (Å²) in [6.07, 6.45) is 2.18. The zero-order valence-corrected chi connectivity index (χ0v) is 15.7. The topological polar surface area (TPSA) is 42.0 Å². The van der Waals surface area contributed by atoms with Gasteiger partial charge in [-0.1, -0.05) is 48.0 Å². The van der Waals surface area contributed by atoms with Crippen molar-refractivity contribution in [3.63, 3.8) is 0 Å². The van der Waals surface area contributed by atoms with Crippen molar-refractivity contribution in [3.8, 4) is 0 Å². The van der Waals surface area contributed by atoms with E-state index >= 15 is 0 Å². The van der Waals surface area contributed by atoms with Crippen LogP contribution in [0.2, 0.25) is 5.02 Å². The molecule has 0 aliphatic heterocycles. The van der Waals surface area contributed by atoms with E-state index in [0.717, 1.165) is 16.2 Å². The van der Waals surface area contributed by atoms with Crippen molar-refractivity contribution in [2.45, 2.75) is 17.4 Å². The first kappa shape index (κ1) is 18.5. The lowest BCUT2D eigenvalue weighted by Crippen LogP contribution is -2.30. The van der Waals surface area contributed by atoms with E-state index in [1.165, 1.54) is 0 Å². The molecule has 1 heterocycles. The van der Waals surface area contributed by atoms with E-state index in [2.05, 4.69) is 10.3 Å². The number of hydrogen-bond acceptors (Lipinski definition) is 3. The molecule has 0 radical (unpaired) electrons. The van der Waals surface area contributed by atoms with E-state index in [4.69, 9.17) is 11.6 Å². The van der Waals surface area contributed by atoms with Gasteiger partial charge in [0.1, 0.15) is 0 Å². The second-order valence-corrected chi connectivity index (χ2v) is 7.32. The van der Waals surface area contributed by atoms with E-state index in [9.17, 15) is 4.79 Å². The Morgan fingerprint density at radius 2 is 1.73 bits per heavy atom. The van der Waals surface area contributed by atoms with Gasteiger partial charge in [0.25, 0.3) is 0 Å². The van der Waals surface area contributed by atoms with Crippen molar-refractivity contribution >= 4 is 29.3 Å². The number of aromatic nitrogens is 1. The Morgan fingerprint density at radius 3 is 2.42 bits per heavy atom. The molecule has 3 rings (SSSR count). The van der Waals surface area contributed by atoms with Gasteiger partial charge in [-0.2, -0.15) is 0 Å². The zero-order valence-electron chi connectivity index (χ0n) is 14.1. The summed E-state index contributed by atoms with van der Waals surface area (Å²) in [4.78, 5) is 18.0. The highest BCUT2D eigenvalue weighted by Crippen LogP contribution is 2.22. The van der Waals surface area contributed by atoms with Crippen LogP contribution < -0.4 is 5.32 Å². The number of rotatable bonds is 7. The summed E-state index contributed by atoms with van der Waals surface area (Å²) in [5.74, 6) is 0.711. The van der Waals surface area contributed by atoms with Gasteiger partial charge in [-0.3, -0.25) is 9.78 Å². The number of amides is 1. The summed E-state index contributed by atoms with van der Waals surface area (Å²) >= 11 is 7.53. The third-order valence-electron chi connectivity index (χ3n) is 3.83. The van der Waals surface area contributed by atoms with Gasteiger partial charge in [-0.15, -0.1) is 11.8 Å². The van der Waals surface area contributed by atoms with Crippen molar-refractivity contribution in [1.82, 2.24) is 10.3 Å². The van der Waals surface area contributed by atoms with Crippen molar-refractivity contribution in [2.24, 2.45) is 0 Å². The summed E-state index contributed by atoms with van der Waals surface area (Å²) in [6.45, 7) is 0. The molecule has 26 heavy (non-hydrogen) atoms. The van der Waals surface area contributed by atoms with Gasteiger partial charge in [-0.05, 0) is 42.0 Å². The Morgan fingerprint density at radius 1 is 1.00 bits per heavy atom. The highest BCUT2D eigenvalue weighted by molar-refractivity contribution is 7.99. The number of nitrogens with zero attached hydrogens (tertiary/aromatic N) is 1. The molecule has 0 saturated carbocycles. The van der Waals surface area contributed by atoms with Gasteiger partial charge >= 0.3 is 0 Å². The monoisotopic (exact) mass is 382 g/mol. The second kappa shape index (κ2) is 9.41. The highest BCUT2D eigenvalue weighted by Gasteiger charge is 2.17. The number of hydrogen-bond donors (Lipinski definition) is 1. The fraction of sp³-hybridized carbons (Fsp3) is 0.143. The molecule has 1 N–H and O–H groups in total. The van der Waals surface area contributed by atoms with Crippen LogP contribution >= 0.6 is 23.4 Å². The largest absolute Gasteiger partial charge is 0.344 e. The summed E-state index contributed by atoms with van der Waals surface area (Å²) in [5, 5.41) is 3.82. The van der Waals surface area contributed by atoms with Crippen molar-refractivity contribution < 1.29 is 4.79 Å². The molecule has 3 nitrogen and oxygen atoms in total. The second-order valence-electron chi connectivity index (χ2n) is 5.72. The van der Waals surface area contributed by atoms with Gasteiger partial charge < -0.3 is 5.32 Å². The first-order chi connectivity index (χ1) is 12.7. The Labute approximate surface area is 162 Å². The van der Waals surface area contributed by atoms with Gasteiger partial charge in [0, 0.05) is 28.3 Å². The minimum atomic E-state index is -0.245. The van der Waals surface area contributed by atoms with E-state index < -0.39 is 0 Å². The lowest BCUT2D eigenvalue weighted by molar-refractivity contribution is -0.121. The summed E-state index contributed by atoms with van der Waals surface area (Å²) < 4.78 is 0.